The quantitative estimate of drug-likeness (QED) is 0.543. The largest absolute Gasteiger partial charge is 0.493 e. The predicted octanol–water partition coefficient (Wildman–Crippen LogP) is 4.21. The number of rotatable bonds is 9. The van der Waals surface area contributed by atoms with Crippen LogP contribution in [0.2, 0.25) is 0 Å². The van der Waals surface area contributed by atoms with Crippen molar-refractivity contribution in [2.45, 2.75) is 13.3 Å². The lowest BCUT2D eigenvalue weighted by atomic mass is 10.2. The highest BCUT2D eigenvalue weighted by atomic mass is 32.1. The van der Waals surface area contributed by atoms with E-state index < -0.39 is 5.97 Å². The summed E-state index contributed by atoms with van der Waals surface area (Å²) in [5.74, 6) is 1.02. The van der Waals surface area contributed by atoms with Gasteiger partial charge in [0.25, 0.3) is 0 Å². The van der Waals surface area contributed by atoms with E-state index in [1.165, 1.54) is 16.9 Å². The van der Waals surface area contributed by atoms with Crippen molar-refractivity contribution in [3.05, 3.63) is 59.1 Å². The number of hydrogen-bond donors (Lipinski definition) is 1. The number of aryl methyl sites for hydroxylation is 1. The fourth-order valence-electron chi connectivity index (χ4n) is 2.60. The van der Waals surface area contributed by atoms with Gasteiger partial charge < -0.3 is 19.3 Å². The highest BCUT2D eigenvalue weighted by molar-refractivity contribution is 7.13. The third kappa shape index (κ3) is 5.01. The molecule has 146 valence electrons. The van der Waals surface area contributed by atoms with Gasteiger partial charge in [-0.05, 0) is 31.2 Å². The number of carboxylic acid groups (broad SMARTS) is 1. The number of ether oxygens (including phenoxy) is 3. The average molecular weight is 399 g/mol. The van der Waals surface area contributed by atoms with Crippen molar-refractivity contribution in [3.63, 3.8) is 0 Å². The van der Waals surface area contributed by atoms with E-state index in [0.29, 0.717) is 35.4 Å². The molecule has 0 aliphatic carbocycles. The molecule has 0 unspecified atom stereocenters. The van der Waals surface area contributed by atoms with Crippen LogP contribution in [0.1, 0.15) is 11.3 Å². The monoisotopic (exact) mass is 399 g/mol. The molecule has 0 aliphatic rings. The van der Waals surface area contributed by atoms with E-state index >= 15 is 0 Å². The fraction of sp³-hybridized carbons (Fsp3) is 0.238. The Bertz CT molecular complexity index is 936. The summed E-state index contributed by atoms with van der Waals surface area (Å²) in [6, 6.07) is 13.4. The molecule has 2 aromatic carbocycles. The van der Waals surface area contributed by atoms with Gasteiger partial charge in [0.2, 0.25) is 0 Å². The van der Waals surface area contributed by atoms with Crippen molar-refractivity contribution in [2.75, 3.05) is 20.3 Å². The van der Waals surface area contributed by atoms with Gasteiger partial charge in [-0.15, -0.1) is 11.3 Å². The first-order chi connectivity index (χ1) is 13.6. The van der Waals surface area contributed by atoms with Gasteiger partial charge in [-0.1, -0.05) is 23.8 Å². The van der Waals surface area contributed by atoms with Gasteiger partial charge in [-0.2, -0.15) is 0 Å². The lowest BCUT2D eigenvalue weighted by molar-refractivity contribution is -0.136. The number of hydrogen-bond acceptors (Lipinski definition) is 6. The number of aliphatic carboxylic acids is 1. The van der Waals surface area contributed by atoms with Gasteiger partial charge in [0, 0.05) is 5.38 Å². The van der Waals surface area contributed by atoms with E-state index in [2.05, 4.69) is 4.98 Å². The van der Waals surface area contributed by atoms with Crippen LogP contribution in [0.3, 0.4) is 0 Å². The second kappa shape index (κ2) is 9.23. The first-order valence-electron chi connectivity index (χ1n) is 8.72. The Morgan fingerprint density at radius 2 is 1.86 bits per heavy atom. The molecular formula is C21H21NO5S. The number of carbonyl (C=O) groups is 1. The first kappa shape index (κ1) is 19.7. The van der Waals surface area contributed by atoms with Crippen LogP contribution in [0.25, 0.3) is 10.6 Å². The molecule has 3 aromatic rings. The number of nitrogens with zero attached hydrogens (tertiary/aromatic N) is 1. The minimum Gasteiger partial charge on any atom is -0.493 e. The van der Waals surface area contributed by atoms with Crippen LogP contribution in [0.5, 0.6) is 17.2 Å². The average Bonchev–Trinajstić information content (AvgIpc) is 3.14. The molecule has 0 atom stereocenters. The number of para-hydroxylation sites is 1. The SMILES string of the molecule is COc1cccc(-c2nc(CC(=O)O)cs2)c1OCCOc1ccc(C)cc1. The smallest absolute Gasteiger partial charge is 0.309 e. The molecule has 0 saturated carbocycles. The van der Waals surface area contributed by atoms with Crippen LogP contribution < -0.4 is 14.2 Å². The van der Waals surface area contributed by atoms with Crippen molar-refractivity contribution in [1.82, 2.24) is 4.98 Å². The number of aromatic nitrogens is 1. The third-order valence-corrected chi connectivity index (χ3v) is 4.86. The molecule has 0 aliphatic heterocycles. The van der Waals surface area contributed by atoms with Crippen LogP contribution >= 0.6 is 11.3 Å². The zero-order valence-corrected chi connectivity index (χ0v) is 16.5. The summed E-state index contributed by atoms with van der Waals surface area (Å²) in [5, 5.41) is 11.4. The molecule has 0 amide bonds. The third-order valence-electron chi connectivity index (χ3n) is 3.93. The lowest BCUT2D eigenvalue weighted by Crippen LogP contribution is -2.10. The Kier molecular flexibility index (Phi) is 6.49. The highest BCUT2D eigenvalue weighted by Gasteiger charge is 2.16. The summed E-state index contributed by atoms with van der Waals surface area (Å²) in [6.45, 7) is 2.73. The van der Waals surface area contributed by atoms with Crippen molar-refractivity contribution >= 4 is 17.3 Å². The summed E-state index contributed by atoms with van der Waals surface area (Å²) in [6.07, 6.45) is -0.110. The lowest BCUT2D eigenvalue weighted by Gasteiger charge is -2.14. The number of methoxy groups -OCH3 is 1. The summed E-state index contributed by atoms with van der Waals surface area (Å²) in [5.41, 5.74) is 2.45. The molecule has 0 spiro atoms. The molecule has 6 nitrogen and oxygen atoms in total. The van der Waals surface area contributed by atoms with Gasteiger partial charge in [0.15, 0.2) is 11.5 Å². The normalized spacial score (nSPS) is 10.5. The van der Waals surface area contributed by atoms with Crippen LogP contribution in [-0.4, -0.2) is 36.4 Å². The molecule has 0 bridgehead atoms. The molecule has 3 rings (SSSR count). The van der Waals surface area contributed by atoms with Crippen LogP contribution in [-0.2, 0) is 11.2 Å². The standard InChI is InChI=1S/C21H21NO5S/c1-14-6-8-16(9-7-14)26-10-11-27-20-17(4-3-5-18(20)25-2)21-22-15(13-28-21)12-19(23)24/h3-9,13H,10-12H2,1-2H3,(H,23,24). The van der Waals surface area contributed by atoms with Gasteiger partial charge in [0.05, 0.1) is 24.8 Å². The van der Waals surface area contributed by atoms with Gasteiger partial charge in [0.1, 0.15) is 24.0 Å². The van der Waals surface area contributed by atoms with Crippen molar-refractivity contribution in [1.29, 1.82) is 0 Å². The zero-order valence-electron chi connectivity index (χ0n) is 15.7. The summed E-state index contributed by atoms with van der Waals surface area (Å²) in [4.78, 5) is 15.3. The second-order valence-corrected chi connectivity index (χ2v) is 6.92. The molecular weight excluding hydrogens is 378 g/mol. The van der Waals surface area contributed by atoms with E-state index in [1.807, 2.05) is 49.4 Å². The summed E-state index contributed by atoms with van der Waals surface area (Å²) < 4.78 is 17.1. The maximum atomic E-state index is 10.9. The number of carboxylic acids is 1. The van der Waals surface area contributed by atoms with E-state index in [-0.39, 0.29) is 6.42 Å². The van der Waals surface area contributed by atoms with Gasteiger partial charge in [-0.3, -0.25) is 4.79 Å². The van der Waals surface area contributed by atoms with Crippen LogP contribution in [0.15, 0.2) is 47.8 Å². The Labute approximate surface area is 167 Å². The summed E-state index contributed by atoms with van der Waals surface area (Å²) >= 11 is 1.37. The van der Waals surface area contributed by atoms with Crippen LogP contribution in [0.4, 0.5) is 0 Å². The molecule has 1 N–H and O–H groups in total. The van der Waals surface area contributed by atoms with Crippen molar-refractivity contribution < 1.29 is 24.1 Å². The second-order valence-electron chi connectivity index (χ2n) is 6.06. The van der Waals surface area contributed by atoms with E-state index in [4.69, 9.17) is 19.3 Å². The van der Waals surface area contributed by atoms with Gasteiger partial charge >= 0.3 is 5.97 Å². The van der Waals surface area contributed by atoms with E-state index in [0.717, 1.165) is 11.3 Å². The minimum atomic E-state index is -0.910. The highest BCUT2D eigenvalue weighted by Crippen LogP contribution is 2.39. The topological polar surface area (TPSA) is 77.9 Å². The van der Waals surface area contributed by atoms with Crippen molar-refractivity contribution in [3.8, 4) is 27.8 Å². The fourth-order valence-corrected chi connectivity index (χ4v) is 3.44. The molecule has 0 saturated heterocycles. The van der Waals surface area contributed by atoms with E-state index in [1.54, 1.807) is 12.5 Å². The Balaban J connectivity index is 1.71. The zero-order chi connectivity index (χ0) is 19.9. The minimum absolute atomic E-state index is 0.110. The molecule has 28 heavy (non-hydrogen) atoms. The number of benzene rings is 2. The van der Waals surface area contributed by atoms with Crippen molar-refractivity contribution in [2.24, 2.45) is 0 Å². The predicted molar refractivity (Wildman–Crippen MR) is 108 cm³/mol. The molecule has 0 radical (unpaired) electrons. The molecule has 0 fully saturated rings. The number of thiazole rings is 1. The Hall–Kier alpha value is -3.06. The summed E-state index contributed by atoms with van der Waals surface area (Å²) in [7, 11) is 1.58. The Morgan fingerprint density at radius 1 is 1.11 bits per heavy atom. The maximum absolute atomic E-state index is 10.9. The van der Waals surface area contributed by atoms with E-state index in [9.17, 15) is 4.79 Å². The van der Waals surface area contributed by atoms with Gasteiger partial charge in [-0.25, -0.2) is 4.98 Å². The molecule has 7 heteroatoms. The first-order valence-corrected chi connectivity index (χ1v) is 9.60. The van der Waals surface area contributed by atoms with Crippen LogP contribution in [0, 0.1) is 6.92 Å². The Morgan fingerprint density at radius 3 is 2.57 bits per heavy atom. The maximum Gasteiger partial charge on any atom is 0.309 e. The molecule has 1 aromatic heterocycles. The molecule has 1 heterocycles.